The molecule has 0 saturated heterocycles. The molecule has 1 amide bonds. The number of benzene rings is 1. The summed E-state index contributed by atoms with van der Waals surface area (Å²) in [5.41, 5.74) is 2.74. The first-order valence-corrected chi connectivity index (χ1v) is 5.67. The number of nitrogens with one attached hydrogen (secondary N) is 1. The summed E-state index contributed by atoms with van der Waals surface area (Å²) in [6.07, 6.45) is 0. The van der Waals surface area contributed by atoms with E-state index in [9.17, 15) is 4.79 Å². The minimum absolute atomic E-state index is 0.0221. The third-order valence-electron chi connectivity index (χ3n) is 1.76. The Morgan fingerprint density at radius 2 is 1.93 bits per heavy atom. The molecule has 0 fully saturated rings. The van der Waals surface area contributed by atoms with Crippen LogP contribution in [0.1, 0.15) is 6.92 Å². The second-order valence-electron chi connectivity index (χ2n) is 3.44. The van der Waals surface area contributed by atoms with Crippen LogP contribution in [0.4, 0.5) is 0 Å². The highest BCUT2D eigenvalue weighted by atomic mass is 32.2. The Kier molecular flexibility index (Phi) is 4.65. The second-order valence-corrected chi connectivity index (χ2v) is 4.86. The third-order valence-corrected chi connectivity index (χ3v) is 2.87. The minimum Gasteiger partial charge on any atom is -0.288 e. The fourth-order valence-electron chi connectivity index (χ4n) is 1.07. The normalized spacial score (nSPS) is 12.5. The second kappa shape index (κ2) is 5.78. The van der Waals surface area contributed by atoms with Gasteiger partial charge in [0.25, 0.3) is 0 Å². The van der Waals surface area contributed by atoms with E-state index < -0.39 is 0 Å². The molecule has 0 aliphatic carbocycles. The van der Waals surface area contributed by atoms with Gasteiger partial charge in [0.15, 0.2) is 0 Å². The van der Waals surface area contributed by atoms with Crippen LogP contribution < -0.4 is 5.43 Å². The number of carbonyl (C=O) groups excluding carboxylic acids is 1. The van der Waals surface area contributed by atoms with Gasteiger partial charge in [0.1, 0.15) is 0 Å². The number of hydrogen-bond donors (Lipinski definition) is 1. The quantitative estimate of drug-likeness (QED) is 0.625. The zero-order valence-electron chi connectivity index (χ0n) is 9.23. The first kappa shape index (κ1) is 12.1. The molecule has 0 bridgehead atoms. The number of thioether (sulfide) groups is 1. The third kappa shape index (κ3) is 4.36. The largest absolute Gasteiger partial charge is 0.288 e. The summed E-state index contributed by atoms with van der Waals surface area (Å²) in [4.78, 5) is 12.7. The Morgan fingerprint density at radius 1 is 1.33 bits per heavy atom. The average Bonchev–Trinajstić information content (AvgIpc) is 2.18. The Bertz CT molecular complexity index is 314. The summed E-state index contributed by atoms with van der Waals surface area (Å²) in [7, 11) is 3.61. The van der Waals surface area contributed by atoms with Gasteiger partial charge in [-0.3, -0.25) is 10.2 Å². The number of amides is 1. The van der Waals surface area contributed by atoms with Gasteiger partial charge < -0.3 is 0 Å². The van der Waals surface area contributed by atoms with E-state index >= 15 is 0 Å². The molecule has 15 heavy (non-hydrogen) atoms. The van der Waals surface area contributed by atoms with Crippen molar-refractivity contribution in [2.75, 3.05) is 14.1 Å². The van der Waals surface area contributed by atoms with E-state index in [1.807, 2.05) is 37.3 Å². The highest BCUT2D eigenvalue weighted by Gasteiger charge is 2.14. The summed E-state index contributed by atoms with van der Waals surface area (Å²) >= 11 is 1.55. The molecule has 82 valence electrons. The number of hydrogen-bond acceptors (Lipinski definition) is 3. The predicted molar refractivity (Wildman–Crippen MR) is 63.6 cm³/mol. The van der Waals surface area contributed by atoms with Gasteiger partial charge in [-0.05, 0) is 19.1 Å². The zero-order valence-corrected chi connectivity index (χ0v) is 10.0. The Hall–Kier alpha value is -1.00. The van der Waals surface area contributed by atoms with E-state index in [2.05, 4.69) is 5.43 Å². The molecule has 4 heteroatoms. The minimum atomic E-state index is -0.0881. The van der Waals surface area contributed by atoms with Crippen molar-refractivity contribution in [2.24, 2.45) is 0 Å². The molecule has 0 aliphatic heterocycles. The van der Waals surface area contributed by atoms with E-state index in [0.717, 1.165) is 4.90 Å². The monoisotopic (exact) mass is 224 g/mol. The topological polar surface area (TPSA) is 32.3 Å². The summed E-state index contributed by atoms with van der Waals surface area (Å²) < 4.78 is 0. The Balaban J connectivity index is 2.49. The van der Waals surface area contributed by atoms with Crippen molar-refractivity contribution in [1.29, 1.82) is 0 Å². The van der Waals surface area contributed by atoms with Crippen molar-refractivity contribution in [3.05, 3.63) is 30.3 Å². The van der Waals surface area contributed by atoms with Gasteiger partial charge in [-0.15, -0.1) is 11.8 Å². The molecule has 0 spiro atoms. The maximum absolute atomic E-state index is 11.6. The van der Waals surface area contributed by atoms with E-state index in [0.29, 0.717) is 0 Å². The van der Waals surface area contributed by atoms with Crippen LogP contribution in [0, 0.1) is 0 Å². The lowest BCUT2D eigenvalue weighted by atomic mass is 10.4. The van der Waals surface area contributed by atoms with Crippen molar-refractivity contribution in [1.82, 2.24) is 10.4 Å². The van der Waals surface area contributed by atoms with Crippen LogP contribution in [0.5, 0.6) is 0 Å². The number of rotatable bonds is 4. The molecule has 0 radical (unpaired) electrons. The number of hydrazine groups is 1. The van der Waals surface area contributed by atoms with Crippen molar-refractivity contribution in [3.63, 3.8) is 0 Å². The number of nitrogens with zero attached hydrogens (tertiary/aromatic N) is 1. The van der Waals surface area contributed by atoms with Crippen LogP contribution in [-0.2, 0) is 4.79 Å². The average molecular weight is 224 g/mol. The van der Waals surface area contributed by atoms with Crippen LogP contribution in [0.15, 0.2) is 35.2 Å². The van der Waals surface area contributed by atoms with E-state index in [1.54, 1.807) is 30.9 Å². The highest BCUT2D eigenvalue weighted by molar-refractivity contribution is 8.00. The molecule has 0 heterocycles. The molecule has 0 aliphatic rings. The molecule has 1 rings (SSSR count). The zero-order chi connectivity index (χ0) is 11.3. The van der Waals surface area contributed by atoms with Gasteiger partial charge in [0.2, 0.25) is 5.91 Å². The van der Waals surface area contributed by atoms with E-state index in [-0.39, 0.29) is 11.2 Å². The lowest BCUT2D eigenvalue weighted by Gasteiger charge is -2.16. The molecule has 1 atom stereocenters. The molecular weight excluding hydrogens is 208 g/mol. The molecule has 0 saturated carbocycles. The first-order chi connectivity index (χ1) is 7.09. The van der Waals surface area contributed by atoms with Gasteiger partial charge in [0, 0.05) is 19.0 Å². The van der Waals surface area contributed by atoms with Crippen LogP contribution in [0.2, 0.25) is 0 Å². The maximum atomic E-state index is 11.6. The fraction of sp³-hybridized carbons (Fsp3) is 0.364. The van der Waals surface area contributed by atoms with Gasteiger partial charge >= 0.3 is 0 Å². The molecular formula is C11H16N2OS. The number of carbonyl (C=O) groups is 1. The van der Waals surface area contributed by atoms with Crippen molar-refractivity contribution in [2.45, 2.75) is 17.1 Å². The molecule has 3 nitrogen and oxygen atoms in total. The fourth-order valence-corrected chi connectivity index (χ4v) is 1.95. The smallest absolute Gasteiger partial charge is 0.247 e. The standard InChI is InChI=1S/C11H16N2OS/c1-9(11(14)12-13(2)3)15-10-7-5-4-6-8-10/h4-9H,1-3H3,(H,12,14)/t9-/m0/s1. The lowest BCUT2D eigenvalue weighted by Crippen LogP contribution is -2.40. The van der Waals surface area contributed by atoms with Crippen LogP contribution >= 0.6 is 11.8 Å². The molecule has 0 unspecified atom stereocenters. The van der Waals surface area contributed by atoms with E-state index in [1.165, 1.54) is 0 Å². The summed E-state index contributed by atoms with van der Waals surface area (Å²) in [6, 6.07) is 9.92. The summed E-state index contributed by atoms with van der Waals surface area (Å²) in [6.45, 7) is 1.90. The summed E-state index contributed by atoms with van der Waals surface area (Å²) in [5, 5.41) is 1.57. The summed E-state index contributed by atoms with van der Waals surface area (Å²) in [5.74, 6) is 0.0221. The first-order valence-electron chi connectivity index (χ1n) is 4.79. The maximum Gasteiger partial charge on any atom is 0.247 e. The van der Waals surface area contributed by atoms with Crippen LogP contribution in [-0.4, -0.2) is 30.3 Å². The SMILES string of the molecule is C[C@H](Sc1ccccc1)C(=O)NN(C)C. The van der Waals surface area contributed by atoms with Gasteiger partial charge in [0.05, 0.1) is 5.25 Å². The van der Waals surface area contributed by atoms with Crippen LogP contribution in [0.3, 0.4) is 0 Å². The lowest BCUT2D eigenvalue weighted by molar-refractivity contribution is -0.123. The molecule has 0 aromatic heterocycles. The highest BCUT2D eigenvalue weighted by Crippen LogP contribution is 2.22. The van der Waals surface area contributed by atoms with E-state index in [4.69, 9.17) is 0 Å². The molecule has 1 N–H and O–H groups in total. The van der Waals surface area contributed by atoms with Gasteiger partial charge in [-0.2, -0.15) is 0 Å². The predicted octanol–water partition coefficient (Wildman–Crippen LogP) is 1.76. The van der Waals surface area contributed by atoms with Crippen molar-refractivity contribution >= 4 is 17.7 Å². The van der Waals surface area contributed by atoms with Crippen molar-refractivity contribution in [3.8, 4) is 0 Å². The van der Waals surface area contributed by atoms with Crippen molar-refractivity contribution < 1.29 is 4.79 Å². The Morgan fingerprint density at radius 3 is 2.47 bits per heavy atom. The molecule has 1 aromatic carbocycles. The van der Waals surface area contributed by atoms with Crippen LogP contribution in [0.25, 0.3) is 0 Å². The Labute approximate surface area is 94.8 Å². The molecule has 1 aromatic rings. The van der Waals surface area contributed by atoms with Gasteiger partial charge in [-0.1, -0.05) is 18.2 Å². The van der Waals surface area contributed by atoms with Gasteiger partial charge in [-0.25, -0.2) is 5.01 Å².